The molecule has 0 radical (unpaired) electrons. The summed E-state index contributed by atoms with van der Waals surface area (Å²) in [6.07, 6.45) is 4.33. The van der Waals surface area contributed by atoms with Gasteiger partial charge in [0, 0.05) is 29.8 Å². The number of halogens is 1. The second-order valence-corrected chi connectivity index (χ2v) is 5.76. The number of imidazole rings is 1. The Hall–Kier alpha value is -1.88. The minimum atomic E-state index is -0.0137. The Labute approximate surface area is 138 Å². The van der Waals surface area contributed by atoms with E-state index in [0.29, 0.717) is 11.9 Å². The van der Waals surface area contributed by atoms with E-state index in [0.717, 1.165) is 16.0 Å². The molecule has 2 aromatic heterocycles. The van der Waals surface area contributed by atoms with Gasteiger partial charge >= 0.3 is 0 Å². The lowest BCUT2D eigenvalue weighted by Gasteiger charge is -2.10. The van der Waals surface area contributed by atoms with E-state index in [1.54, 1.807) is 17.8 Å². The van der Waals surface area contributed by atoms with Gasteiger partial charge in [-0.25, -0.2) is 4.98 Å². The molecular weight excluding hydrogens is 342 g/mol. The monoisotopic (exact) mass is 361 g/mol. The van der Waals surface area contributed by atoms with Crippen LogP contribution in [0.15, 0.2) is 45.9 Å². The van der Waals surface area contributed by atoms with Gasteiger partial charge in [-0.05, 0) is 24.6 Å². The van der Waals surface area contributed by atoms with Gasteiger partial charge < -0.3 is 4.57 Å². The van der Waals surface area contributed by atoms with Gasteiger partial charge in [0.15, 0.2) is 0 Å². The molecule has 116 valence electrons. The zero-order valence-corrected chi connectivity index (χ0v) is 14.9. The largest absolute Gasteiger partial charge is 0.312 e. The maximum absolute atomic E-state index is 12.3. The van der Waals surface area contributed by atoms with Gasteiger partial charge in [0.05, 0.1) is 6.20 Å². The second kappa shape index (κ2) is 6.92. The molecule has 0 fully saturated rings. The molecule has 0 amide bonds. The summed E-state index contributed by atoms with van der Waals surface area (Å²) in [6.45, 7) is 5.90. The summed E-state index contributed by atoms with van der Waals surface area (Å²) in [4.78, 5) is 16.5. The van der Waals surface area contributed by atoms with E-state index < -0.39 is 0 Å². The first kappa shape index (κ1) is 16.5. The number of hydrogen-bond donors (Lipinski definition) is 0. The Bertz CT molecular complexity index is 831. The van der Waals surface area contributed by atoms with Crippen molar-refractivity contribution in [1.82, 2.24) is 14.0 Å². The van der Waals surface area contributed by atoms with Crippen LogP contribution in [0.5, 0.6) is 0 Å². The number of aromatic nitrogens is 3. The molecule has 0 atom stereocenters. The molecule has 22 heavy (non-hydrogen) atoms. The van der Waals surface area contributed by atoms with E-state index in [4.69, 9.17) is 0 Å². The molecular formula is C17H20BrN3O. The van der Waals surface area contributed by atoms with E-state index in [1.165, 1.54) is 5.56 Å². The number of aryl methyl sites for hydroxylation is 1. The molecule has 2 heterocycles. The SMILES string of the molecule is CC.Cc1ncc2c(=O)n(C)c(Cc3ccc(Br)cc3)cn12. The van der Waals surface area contributed by atoms with Crippen LogP contribution in [0.2, 0.25) is 0 Å². The van der Waals surface area contributed by atoms with Gasteiger partial charge in [-0.3, -0.25) is 9.20 Å². The zero-order chi connectivity index (χ0) is 16.3. The predicted octanol–water partition coefficient (Wildman–Crippen LogP) is 3.72. The third kappa shape index (κ3) is 3.14. The van der Waals surface area contributed by atoms with Crippen molar-refractivity contribution in [3.05, 3.63) is 68.6 Å². The third-order valence-corrected chi connectivity index (χ3v) is 4.04. The highest BCUT2D eigenvalue weighted by Gasteiger charge is 2.09. The van der Waals surface area contributed by atoms with Gasteiger partial charge in [-0.15, -0.1) is 0 Å². The topological polar surface area (TPSA) is 39.3 Å². The van der Waals surface area contributed by atoms with Crippen LogP contribution in [0.25, 0.3) is 5.52 Å². The highest BCUT2D eigenvalue weighted by Crippen LogP contribution is 2.14. The van der Waals surface area contributed by atoms with Gasteiger partial charge in [0.25, 0.3) is 5.56 Å². The van der Waals surface area contributed by atoms with Crippen molar-refractivity contribution in [2.24, 2.45) is 7.05 Å². The third-order valence-electron chi connectivity index (χ3n) is 3.51. The van der Waals surface area contributed by atoms with Crippen molar-refractivity contribution in [1.29, 1.82) is 0 Å². The Morgan fingerprint density at radius 3 is 2.45 bits per heavy atom. The summed E-state index contributed by atoms with van der Waals surface area (Å²) in [6, 6.07) is 8.13. The summed E-state index contributed by atoms with van der Waals surface area (Å²) in [5.41, 5.74) is 2.73. The van der Waals surface area contributed by atoms with Crippen LogP contribution in [-0.4, -0.2) is 14.0 Å². The number of nitrogens with zero attached hydrogens (tertiary/aromatic N) is 3. The van der Waals surface area contributed by atoms with Crippen LogP contribution in [0.3, 0.4) is 0 Å². The standard InChI is InChI=1S/C15H14BrN3O.C2H6/c1-10-17-8-14-15(20)18(2)13(9-19(10)14)7-11-3-5-12(16)6-4-11;1-2/h3-6,8-9H,7H2,1-2H3;1-2H3. The van der Waals surface area contributed by atoms with Gasteiger partial charge in [0.2, 0.25) is 0 Å². The van der Waals surface area contributed by atoms with Gasteiger partial charge in [0.1, 0.15) is 11.3 Å². The van der Waals surface area contributed by atoms with Crippen LogP contribution in [0, 0.1) is 6.92 Å². The van der Waals surface area contributed by atoms with E-state index in [2.05, 4.69) is 33.0 Å². The quantitative estimate of drug-likeness (QED) is 0.697. The molecule has 0 spiro atoms. The summed E-state index contributed by atoms with van der Waals surface area (Å²) in [5, 5.41) is 0. The Balaban J connectivity index is 0.000000847. The van der Waals surface area contributed by atoms with E-state index in [9.17, 15) is 4.79 Å². The summed E-state index contributed by atoms with van der Waals surface area (Å²) in [5.74, 6) is 0.828. The summed E-state index contributed by atoms with van der Waals surface area (Å²) >= 11 is 3.43. The number of hydrogen-bond acceptors (Lipinski definition) is 2. The predicted molar refractivity (Wildman–Crippen MR) is 93.5 cm³/mol. The zero-order valence-electron chi connectivity index (χ0n) is 13.3. The Morgan fingerprint density at radius 2 is 1.82 bits per heavy atom. The van der Waals surface area contributed by atoms with Crippen molar-refractivity contribution < 1.29 is 0 Å². The highest BCUT2D eigenvalue weighted by atomic mass is 79.9. The average Bonchev–Trinajstić information content (AvgIpc) is 2.90. The van der Waals surface area contributed by atoms with Gasteiger partial charge in [-0.2, -0.15) is 0 Å². The average molecular weight is 362 g/mol. The molecule has 0 N–H and O–H groups in total. The van der Waals surface area contributed by atoms with E-state index in [1.807, 2.05) is 43.5 Å². The molecule has 3 aromatic rings. The van der Waals surface area contributed by atoms with Crippen molar-refractivity contribution >= 4 is 21.4 Å². The lowest BCUT2D eigenvalue weighted by Crippen LogP contribution is -2.22. The van der Waals surface area contributed by atoms with Crippen LogP contribution in [0.4, 0.5) is 0 Å². The molecule has 5 heteroatoms. The lowest BCUT2D eigenvalue weighted by molar-refractivity contribution is 0.774. The molecule has 3 rings (SSSR count). The molecule has 0 aliphatic carbocycles. The number of benzene rings is 1. The molecule has 0 saturated heterocycles. The maximum Gasteiger partial charge on any atom is 0.276 e. The Morgan fingerprint density at radius 1 is 1.18 bits per heavy atom. The molecule has 0 aliphatic heterocycles. The molecule has 0 bridgehead atoms. The highest BCUT2D eigenvalue weighted by molar-refractivity contribution is 9.10. The normalized spacial score (nSPS) is 10.4. The van der Waals surface area contributed by atoms with Crippen molar-refractivity contribution in [2.45, 2.75) is 27.2 Å². The minimum absolute atomic E-state index is 0.0137. The van der Waals surface area contributed by atoms with Crippen LogP contribution >= 0.6 is 15.9 Å². The fraction of sp³-hybridized carbons (Fsp3) is 0.294. The Kier molecular flexibility index (Phi) is 5.19. The lowest BCUT2D eigenvalue weighted by atomic mass is 10.1. The molecule has 1 aromatic carbocycles. The minimum Gasteiger partial charge on any atom is -0.312 e. The van der Waals surface area contributed by atoms with Crippen LogP contribution in [0.1, 0.15) is 30.9 Å². The van der Waals surface area contributed by atoms with Crippen LogP contribution in [-0.2, 0) is 13.5 Å². The van der Waals surface area contributed by atoms with Crippen molar-refractivity contribution in [3.8, 4) is 0 Å². The summed E-state index contributed by atoms with van der Waals surface area (Å²) in [7, 11) is 1.80. The first-order valence-corrected chi connectivity index (χ1v) is 8.12. The van der Waals surface area contributed by atoms with E-state index in [-0.39, 0.29) is 5.56 Å². The maximum atomic E-state index is 12.3. The first-order valence-electron chi connectivity index (χ1n) is 7.33. The van der Waals surface area contributed by atoms with E-state index >= 15 is 0 Å². The fourth-order valence-corrected chi connectivity index (χ4v) is 2.55. The number of fused-ring (bicyclic) bond motifs is 1. The smallest absolute Gasteiger partial charge is 0.276 e. The first-order chi connectivity index (χ1) is 10.6. The van der Waals surface area contributed by atoms with Crippen molar-refractivity contribution in [3.63, 3.8) is 0 Å². The van der Waals surface area contributed by atoms with Crippen molar-refractivity contribution in [2.75, 3.05) is 0 Å². The second-order valence-electron chi connectivity index (χ2n) is 4.85. The molecule has 0 saturated carbocycles. The summed E-state index contributed by atoms with van der Waals surface area (Å²) < 4.78 is 4.60. The number of rotatable bonds is 2. The molecule has 0 aliphatic rings. The molecule has 4 nitrogen and oxygen atoms in total. The van der Waals surface area contributed by atoms with Gasteiger partial charge in [-0.1, -0.05) is 41.9 Å². The fourth-order valence-electron chi connectivity index (χ4n) is 2.29. The molecule has 0 unspecified atom stereocenters. The van der Waals surface area contributed by atoms with Crippen LogP contribution < -0.4 is 5.56 Å².